The van der Waals surface area contributed by atoms with Gasteiger partial charge in [0, 0.05) is 54.6 Å². The van der Waals surface area contributed by atoms with Crippen molar-refractivity contribution < 1.29 is 19.1 Å². The third-order valence-corrected chi connectivity index (χ3v) is 13.4. The van der Waals surface area contributed by atoms with E-state index in [9.17, 15) is 19.2 Å². The van der Waals surface area contributed by atoms with Gasteiger partial charge in [0.05, 0.1) is 33.6 Å². The Kier molecular flexibility index (Phi) is 9.09. The SMILES string of the molecule is CC1(C)c2cc(C3CCN(CCN4CCC5(CC4)COc4c5ccc5c4CNC5=O)CC3)ccc2-n2c1nc(=O)c1c(Cl)cccc12.O=C1CCCC(=O)N1. The first-order valence-corrected chi connectivity index (χ1v) is 20.1. The van der Waals surface area contributed by atoms with Crippen LogP contribution >= 0.6 is 11.6 Å². The van der Waals surface area contributed by atoms with Gasteiger partial charge in [0.2, 0.25) is 11.8 Å². The van der Waals surface area contributed by atoms with Gasteiger partial charge in [-0.2, -0.15) is 4.98 Å². The molecular formula is C43H47ClN6O5. The largest absolute Gasteiger partial charge is 0.492 e. The Morgan fingerprint density at radius 3 is 2.33 bits per heavy atom. The topological polar surface area (TPSA) is 126 Å². The molecular weight excluding hydrogens is 716 g/mol. The Morgan fingerprint density at radius 2 is 1.62 bits per heavy atom. The van der Waals surface area contributed by atoms with E-state index >= 15 is 0 Å². The summed E-state index contributed by atoms with van der Waals surface area (Å²) in [5.41, 5.74) is 7.13. The smallest absolute Gasteiger partial charge is 0.282 e. The number of piperidine rings is 3. The van der Waals surface area contributed by atoms with Crippen molar-refractivity contribution in [3.8, 4) is 11.4 Å². The first kappa shape index (κ1) is 36.1. The van der Waals surface area contributed by atoms with Crippen LogP contribution in [0.4, 0.5) is 0 Å². The summed E-state index contributed by atoms with van der Waals surface area (Å²) >= 11 is 6.45. The van der Waals surface area contributed by atoms with Crippen molar-refractivity contribution in [2.75, 3.05) is 45.9 Å². The highest BCUT2D eigenvalue weighted by Crippen LogP contribution is 2.49. The molecule has 11 nitrogen and oxygen atoms in total. The van der Waals surface area contributed by atoms with Crippen LogP contribution in [0.25, 0.3) is 16.6 Å². The Morgan fingerprint density at radius 1 is 0.891 bits per heavy atom. The summed E-state index contributed by atoms with van der Waals surface area (Å²) in [6.45, 7) is 12.3. The lowest BCUT2D eigenvalue weighted by atomic mass is 9.74. The van der Waals surface area contributed by atoms with Crippen LogP contribution in [0.1, 0.15) is 103 Å². The van der Waals surface area contributed by atoms with Gasteiger partial charge >= 0.3 is 0 Å². The van der Waals surface area contributed by atoms with E-state index < -0.39 is 0 Å². The number of carbonyl (C=O) groups excluding carboxylic acids is 3. The zero-order chi connectivity index (χ0) is 38.1. The fourth-order valence-corrected chi connectivity index (χ4v) is 10.00. The molecule has 7 heterocycles. The number of benzene rings is 3. The minimum Gasteiger partial charge on any atom is -0.492 e. The number of ether oxygens (including phenoxy) is 1. The number of hydrogen-bond acceptors (Lipinski definition) is 8. The molecule has 55 heavy (non-hydrogen) atoms. The maximum Gasteiger partial charge on any atom is 0.282 e. The Balaban J connectivity index is 0.000000444. The Bertz CT molecular complexity index is 2290. The van der Waals surface area contributed by atoms with E-state index in [4.69, 9.17) is 16.3 Å². The second kappa shape index (κ2) is 13.9. The average Bonchev–Trinajstić information content (AvgIpc) is 3.81. The minimum atomic E-state index is -0.377. The molecule has 12 heteroatoms. The molecule has 3 saturated heterocycles. The van der Waals surface area contributed by atoms with Gasteiger partial charge in [-0.15, -0.1) is 0 Å². The minimum absolute atomic E-state index is 0.0184. The normalized spacial score (nSPS) is 21.3. The number of carbonyl (C=O) groups is 3. The molecule has 0 bridgehead atoms. The van der Waals surface area contributed by atoms with Crippen LogP contribution in [0.2, 0.25) is 5.02 Å². The first-order valence-electron chi connectivity index (χ1n) is 19.7. The quantitative estimate of drug-likeness (QED) is 0.267. The third-order valence-electron chi connectivity index (χ3n) is 13.0. The second-order valence-electron chi connectivity index (χ2n) is 16.6. The lowest BCUT2D eigenvalue weighted by molar-refractivity contribution is -0.132. The number of halogens is 1. The molecule has 0 unspecified atom stereocenters. The molecule has 6 aliphatic rings. The average molecular weight is 763 g/mol. The highest BCUT2D eigenvalue weighted by Gasteiger charge is 2.45. The highest BCUT2D eigenvalue weighted by molar-refractivity contribution is 6.35. The van der Waals surface area contributed by atoms with Crippen LogP contribution in [0, 0.1) is 0 Å². The van der Waals surface area contributed by atoms with Gasteiger partial charge in [-0.25, -0.2) is 0 Å². The van der Waals surface area contributed by atoms with Crippen LogP contribution < -0.4 is 20.9 Å². The van der Waals surface area contributed by atoms with Gasteiger partial charge in [-0.3, -0.25) is 29.1 Å². The van der Waals surface area contributed by atoms with E-state index in [-0.39, 0.29) is 34.1 Å². The molecule has 2 N–H and O–H groups in total. The molecule has 286 valence electrons. The maximum atomic E-state index is 13.0. The maximum absolute atomic E-state index is 13.0. The summed E-state index contributed by atoms with van der Waals surface area (Å²) in [6, 6.07) is 16.7. The van der Waals surface area contributed by atoms with Crippen LogP contribution in [-0.4, -0.2) is 82.9 Å². The molecule has 4 aromatic rings. The van der Waals surface area contributed by atoms with Gasteiger partial charge in [-0.05, 0) is 113 Å². The Labute approximate surface area is 325 Å². The summed E-state index contributed by atoms with van der Waals surface area (Å²) in [5, 5.41) is 6.08. The molecule has 0 radical (unpaired) electrons. The summed E-state index contributed by atoms with van der Waals surface area (Å²) in [6.07, 6.45) is 6.24. The van der Waals surface area contributed by atoms with Crippen molar-refractivity contribution in [2.24, 2.45) is 0 Å². The van der Waals surface area contributed by atoms with E-state index in [1.807, 2.05) is 18.2 Å². The van der Waals surface area contributed by atoms with Crippen LogP contribution in [-0.2, 0) is 27.0 Å². The molecule has 1 aromatic heterocycles. The molecule has 0 atom stereocenters. The van der Waals surface area contributed by atoms with Crippen LogP contribution in [0.3, 0.4) is 0 Å². The van der Waals surface area contributed by atoms with E-state index in [2.05, 4.69) is 68.1 Å². The second-order valence-corrected chi connectivity index (χ2v) is 17.0. The van der Waals surface area contributed by atoms with Gasteiger partial charge in [0.1, 0.15) is 11.6 Å². The molecule has 0 aliphatic carbocycles. The standard InChI is InChI=1S/C38H40ClN5O3.C5H7NO2/c1-37(2)28-20-24(6-9-30(28)44-31-5-3-4-29(39)32(31)35(46)41-36(37)44)23-10-14-42(15-11-23)18-19-43-16-12-38(13-17-43)22-47-33-26-21-40-34(45)25(26)7-8-27(33)38;7-4-2-1-3-5(8)6-4/h3-9,20,23H,10-19,21-22H2,1-2H3,(H,40,45);1-3H2,(H,6,7,8). The number of aromatic nitrogens is 2. The zero-order valence-electron chi connectivity index (χ0n) is 31.5. The number of hydrogen-bond donors (Lipinski definition) is 2. The molecule has 3 fully saturated rings. The van der Waals surface area contributed by atoms with Crippen molar-refractivity contribution in [1.82, 2.24) is 30.0 Å². The molecule has 6 aliphatic heterocycles. The molecule has 1 spiro atoms. The van der Waals surface area contributed by atoms with Crippen LogP contribution in [0.15, 0.2) is 53.3 Å². The van der Waals surface area contributed by atoms with E-state index in [1.54, 1.807) is 6.07 Å². The monoisotopic (exact) mass is 762 g/mol. The number of imide groups is 1. The fourth-order valence-electron chi connectivity index (χ4n) is 9.75. The van der Waals surface area contributed by atoms with Gasteiger partial charge in [0.15, 0.2) is 0 Å². The lowest BCUT2D eigenvalue weighted by Crippen LogP contribution is -2.46. The number of fused-ring (bicyclic) bond motifs is 9. The van der Waals surface area contributed by atoms with E-state index in [0.29, 0.717) is 42.1 Å². The molecule has 10 rings (SSSR count). The van der Waals surface area contributed by atoms with Gasteiger partial charge in [-0.1, -0.05) is 35.9 Å². The summed E-state index contributed by atoms with van der Waals surface area (Å²) in [7, 11) is 0. The number of likely N-dealkylation sites (tertiary alicyclic amines) is 2. The van der Waals surface area contributed by atoms with Crippen LogP contribution in [0.5, 0.6) is 5.75 Å². The number of nitrogens with zero attached hydrogens (tertiary/aromatic N) is 4. The highest BCUT2D eigenvalue weighted by atomic mass is 35.5. The predicted octanol–water partition coefficient (Wildman–Crippen LogP) is 5.34. The molecule has 3 amide bonds. The van der Waals surface area contributed by atoms with Gasteiger partial charge < -0.3 is 19.9 Å². The van der Waals surface area contributed by atoms with Crippen molar-refractivity contribution in [3.63, 3.8) is 0 Å². The van der Waals surface area contributed by atoms with Crippen molar-refractivity contribution in [3.05, 3.63) is 97.5 Å². The number of nitrogens with one attached hydrogen (secondary N) is 2. The molecule has 3 aromatic carbocycles. The summed E-state index contributed by atoms with van der Waals surface area (Å²) in [4.78, 5) is 55.7. The van der Waals surface area contributed by atoms with Crippen molar-refractivity contribution >= 4 is 40.2 Å². The lowest BCUT2D eigenvalue weighted by Gasteiger charge is -2.40. The van der Waals surface area contributed by atoms with E-state index in [0.717, 1.165) is 105 Å². The van der Waals surface area contributed by atoms with Crippen molar-refractivity contribution in [2.45, 2.75) is 82.1 Å². The van der Waals surface area contributed by atoms with Gasteiger partial charge in [0.25, 0.3) is 11.5 Å². The van der Waals surface area contributed by atoms with Crippen molar-refractivity contribution in [1.29, 1.82) is 0 Å². The molecule has 0 saturated carbocycles. The zero-order valence-corrected chi connectivity index (χ0v) is 32.3. The Hall–Kier alpha value is -4.58. The summed E-state index contributed by atoms with van der Waals surface area (Å²) < 4.78 is 8.39. The number of amides is 3. The first-order chi connectivity index (χ1) is 26.5. The van der Waals surface area contributed by atoms with E-state index in [1.165, 1.54) is 16.7 Å². The number of rotatable bonds is 4. The predicted molar refractivity (Wildman–Crippen MR) is 210 cm³/mol. The summed E-state index contributed by atoms with van der Waals surface area (Å²) in [5.74, 6) is 2.02. The fraction of sp³-hybridized carbons (Fsp3) is 0.465. The third kappa shape index (κ3) is 6.24.